The molecule has 1 aromatic rings. The molecule has 3 rings (SSSR count). The molecule has 0 radical (unpaired) electrons. The van der Waals surface area contributed by atoms with Gasteiger partial charge < -0.3 is 10.1 Å². The summed E-state index contributed by atoms with van der Waals surface area (Å²) in [6.07, 6.45) is 5.08. The molecule has 2 aliphatic rings. The number of nitrogens with one attached hydrogen (secondary N) is 1. The second-order valence-electron chi connectivity index (χ2n) is 6.79. The zero-order valence-electron chi connectivity index (χ0n) is 14.7. The molecule has 2 saturated heterocycles. The minimum atomic E-state index is -3.54. The van der Waals surface area contributed by atoms with Gasteiger partial charge in [-0.15, -0.1) is 0 Å². The largest absolute Gasteiger partial charge is 0.368 e. The van der Waals surface area contributed by atoms with Crippen molar-refractivity contribution in [1.82, 2.24) is 4.31 Å². The SMILES string of the molecule is Cc1ccc(NC(=O)[C@H]2CCCO2)cc1S(=O)(=O)N1CCCCCC1. The topological polar surface area (TPSA) is 75.7 Å². The van der Waals surface area contributed by atoms with E-state index >= 15 is 0 Å². The normalized spacial score (nSPS) is 22.5. The number of amides is 1. The first-order chi connectivity index (χ1) is 12.0. The molecule has 1 aromatic carbocycles. The lowest BCUT2D eigenvalue weighted by atomic mass is 10.2. The maximum absolute atomic E-state index is 13.0. The molecular weight excluding hydrogens is 340 g/mol. The van der Waals surface area contributed by atoms with Crippen LogP contribution in [-0.4, -0.2) is 44.4 Å². The molecule has 2 fully saturated rings. The molecular formula is C18H26N2O4S. The third-order valence-corrected chi connectivity index (χ3v) is 6.90. The van der Waals surface area contributed by atoms with Gasteiger partial charge in [-0.2, -0.15) is 4.31 Å². The number of hydrogen-bond donors (Lipinski definition) is 1. The van der Waals surface area contributed by atoms with Gasteiger partial charge in [0.05, 0.1) is 4.90 Å². The van der Waals surface area contributed by atoms with Gasteiger partial charge in [0.1, 0.15) is 6.10 Å². The van der Waals surface area contributed by atoms with Gasteiger partial charge in [0.2, 0.25) is 10.0 Å². The smallest absolute Gasteiger partial charge is 0.253 e. The number of sulfonamides is 1. The van der Waals surface area contributed by atoms with Crippen LogP contribution in [0.25, 0.3) is 0 Å². The molecule has 2 aliphatic heterocycles. The Balaban J connectivity index is 1.81. The van der Waals surface area contributed by atoms with Crippen molar-refractivity contribution in [2.75, 3.05) is 25.0 Å². The predicted octanol–water partition coefficient (Wildman–Crippen LogP) is 2.68. The van der Waals surface area contributed by atoms with Crippen molar-refractivity contribution < 1.29 is 17.9 Å². The van der Waals surface area contributed by atoms with Crippen molar-refractivity contribution in [2.45, 2.75) is 56.4 Å². The van der Waals surface area contributed by atoms with E-state index in [1.165, 1.54) is 0 Å². The van der Waals surface area contributed by atoms with Crippen molar-refractivity contribution in [3.63, 3.8) is 0 Å². The van der Waals surface area contributed by atoms with Crippen molar-refractivity contribution in [3.05, 3.63) is 23.8 Å². The number of benzene rings is 1. The Morgan fingerprint density at radius 3 is 2.52 bits per heavy atom. The molecule has 0 saturated carbocycles. The van der Waals surface area contributed by atoms with Gasteiger partial charge in [0, 0.05) is 25.4 Å². The lowest BCUT2D eigenvalue weighted by Gasteiger charge is -2.21. The van der Waals surface area contributed by atoms with Gasteiger partial charge in [0.25, 0.3) is 5.91 Å². The fourth-order valence-corrected chi connectivity index (χ4v) is 5.15. The van der Waals surface area contributed by atoms with Gasteiger partial charge in [-0.25, -0.2) is 8.42 Å². The molecule has 1 amide bonds. The summed E-state index contributed by atoms with van der Waals surface area (Å²) in [5, 5.41) is 2.79. The van der Waals surface area contributed by atoms with E-state index in [4.69, 9.17) is 4.74 Å². The minimum Gasteiger partial charge on any atom is -0.368 e. The van der Waals surface area contributed by atoms with E-state index in [2.05, 4.69) is 5.32 Å². The summed E-state index contributed by atoms with van der Waals surface area (Å²) in [5.74, 6) is -0.209. The van der Waals surface area contributed by atoms with Crippen molar-refractivity contribution >= 4 is 21.6 Å². The highest BCUT2D eigenvalue weighted by Crippen LogP contribution is 2.26. The fourth-order valence-electron chi connectivity index (χ4n) is 3.38. The minimum absolute atomic E-state index is 0.209. The second-order valence-corrected chi connectivity index (χ2v) is 8.70. The number of carbonyl (C=O) groups is 1. The van der Waals surface area contributed by atoms with Crippen LogP contribution in [0.4, 0.5) is 5.69 Å². The fraction of sp³-hybridized carbons (Fsp3) is 0.611. The summed E-state index contributed by atoms with van der Waals surface area (Å²) in [4.78, 5) is 12.5. The van der Waals surface area contributed by atoms with Crippen LogP contribution in [0.1, 0.15) is 44.1 Å². The number of hydrogen-bond acceptors (Lipinski definition) is 4. The molecule has 1 N–H and O–H groups in total. The Kier molecular flexibility index (Phi) is 5.76. The molecule has 0 unspecified atom stereocenters. The highest BCUT2D eigenvalue weighted by Gasteiger charge is 2.28. The third-order valence-electron chi connectivity index (χ3n) is 4.86. The summed E-state index contributed by atoms with van der Waals surface area (Å²) in [6, 6.07) is 5.06. The van der Waals surface area contributed by atoms with Crippen LogP contribution in [0.15, 0.2) is 23.1 Å². The number of nitrogens with zero attached hydrogens (tertiary/aromatic N) is 1. The molecule has 0 spiro atoms. The second kappa shape index (κ2) is 7.85. The van der Waals surface area contributed by atoms with Crippen LogP contribution >= 0.6 is 0 Å². The van der Waals surface area contributed by atoms with Crippen molar-refractivity contribution in [1.29, 1.82) is 0 Å². The van der Waals surface area contributed by atoms with Crippen molar-refractivity contribution in [3.8, 4) is 0 Å². The Morgan fingerprint density at radius 1 is 1.16 bits per heavy atom. The first-order valence-corrected chi connectivity index (χ1v) is 10.5. The molecule has 7 heteroatoms. The Labute approximate surface area is 149 Å². The molecule has 0 bridgehead atoms. The Bertz CT molecular complexity index is 719. The number of ether oxygens (including phenoxy) is 1. The van der Waals surface area contributed by atoms with Gasteiger partial charge >= 0.3 is 0 Å². The number of anilines is 1. The van der Waals surface area contributed by atoms with E-state index in [1.807, 2.05) is 0 Å². The molecule has 0 aromatic heterocycles. The average molecular weight is 366 g/mol. The number of carbonyl (C=O) groups excluding carboxylic acids is 1. The molecule has 2 heterocycles. The first kappa shape index (κ1) is 18.4. The zero-order valence-corrected chi connectivity index (χ0v) is 15.5. The number of aryl methyl sites for hydroxylation is 1. The van der Waals surface area contributed by atoms with Crippen LogP contribution < -0.4 is 5.32 Å². The lowest BCUT2D eigenvalue weighted by molar-refractivity contribution is -0.124. The zero-order chi connectivity index (χ0) is 17.9. The van der Waals surface area contributed by atoms with Crippen LogP contribution in [0.2, 0.25) is 0 Å². The highest BCUT2D eigenvalue weighted by atomic mass is 32.2. The maximum Gasteiger partial charge on any atom is 0.253 e. The summed E-state index contributed by atoms with van der Waals surface area (Å²) >= 11 is 0. The van der Waals surface area contributed by atoms with Crippen molar-refractivity contribution in [2.24, 2.45) is 0 Å². The maximum atomic E-state index is 13.0. The Morgan fingerprint density at radius 2 is 1.88 bits per heavy atom. The molecule has 1 atom stereocenters. The standard InChI is InChI=1S/C18H26N2O4S/c1-14-8-9-15(19-18(21)16-7-6-12-24-16)13-17(14)25(22,23)20-10-4-2-3-5-11-20/h8-9,13,16H,2-7,10-12H2,1H3,(H,19,21)/t16-/m1/s1. The van der Waals surface area contributed by atoms with E-state index in [0.717, 1.165) is 32.1 Å². The van der Waals surface area contributed by atoms with Gasteiger partial charge in [-0.05, 0) is 50.3 Å². The average Bonchev–Trinajstić information content (AvgIpc) is 2.98. The monoisotopic (exact) mass is 366 g/mol. The first-order valence-electron chi connectivity index (χ1n) is 9.02. The van der Waals surface area contributed by atoms with Crippen LogP contribution in [-0.2, 0) is 19.6 Å². The summed E-state index contributed by atoms with van der Waals surface area (Å²) in [5.41, 5.74) is 1.19. The van der Waals surface area contributed by atoms with E-state index < -0.39 is 16.1 Å². The van der Waals surface area contributed by atoms with E-state index in [-0.39, 0.29) is 10.8 Å². The van der Waals surface area contributed by atoms with Crippen LogP contribution in [0.5, 0.6) is 0 Å². The van der Waals surface area contributed by atoms with E-state index in [0.29, 0.717) is 37.4 Å². The van der Waals surface area contributed by atoms with Gasteiger partial charge in [-0.1, -0.05) is 18.9 Å². The van der Waals surface area contributed by atoms with Crippen LogP contribution in [0.3, 0.4) is 0 Å². The molecule has 138 valence electrons. The molecule has 0 aliphatic carbocycles. The quantitative estimate of drug-likeness (QED) is 0.889. The summed E-state index contributed by atoms with van der Waals surface area (Å²) in [7, 11) is -3.54. The summed E-state index contributed by atoms with van der Waals surface area (Å²) in [6.45, 7) is 3.51. The molecule has 6 nitrogen and oxygen atoms in total. The van der Waals surface area contributed by atoms with Gasteiger partial charge in [-0.3, -0.25) is 4.79 Å². The lowest BCUT2D eigenvalue weighted by Crippen LogP contribution is -2.32. The molecule has 25 heavy (non-hydrogen) atoms. The highest BCUT2D eigenvalue weighted by molar-refractivity contribution is 7.89. The summed E-state index contributed by atoms with van der Waals surface area (Å²) < 4.78 is 33.0. The predicted molar refractivity (Wildman–Crippen MR) is 96.0 cm³/mol. The number of rotatable bonds is 4. The van der Waals surface area contributed by atoms with Gasteiger partial charge in [0.15, 0.2) is 0 Å². The van der Waals surface area contributed by atoms with E-state index in [9.17, 15) is 13.2 Å². The third kappa shape index (κ3) is 4.22. The Hall–Kier alpha value is -1.44. The van der Waals surface area contributed by atoms with Crippen LogP contribution in [0, 0.1) is 6.92 Å². The van der Waals surface area contributed by atoms with E-state index in [1.54, 1.807) is 29.4 Å².